The maximum Gasteiger partial charge on any atom is 0.194 e. The van der Waals surface area contributed by atoms with Crippen molar-refractivity contribution < 1.29 is 14.4 Å². The van der Waals surface area contributed by atoms with Crippen LogP contribution in [0.25, 0.3) is 0 Å². The third-order valence-corrected chi connectivity index (χ3v) is 7.68. The number of benzene rings is 2. The number of allylic oxidation sites excluding steroid dienone is 1. The van der Waals surface area contributed by atoms with Crippen LogP contribution < -0.4 is 5.32 Å². The van der Waals surface area contributed by atoms with Crippen LogP contribution in [0.3, 0.4) is 0 Å². The molecule has 0 aliphatic heterocycles. The standard InChI is InChI=1S/C25H23NO3/c1-24(2)20-10-11-25(24,3)23(29)19(20)13-26-14-8-9-17-18(12-14)22(28)16-7-5-4-6-15(16)21(17)27/h4-9,12-13,20,26H,10-11H2,1-3H3/b19-13-/t20-,25-/m1/s1. The Morgan fingerprint density at radius 2 is 1.52 bits per heavy atom. The molecule has 0 spiro atoms. The zero-order valence-electron chi connectivity index (χ0n) is 16.8. The van der Waals surface area contributed by atoms with Crippen molar-refractivity contribution in [1.29, 1.82) is 0 Å². The predicted octanol–water partition coefficient (Wildman–Crippen LogP) is 4.78. The zero-order chi connectivity index (χ0) is 20.6. The molecule has 146 valence electrons. The summed E-state index contributed by atoms with van der Waals surface area (Å²) in [5, 5.41) is 3.22. The number of carbonyl (C=O) groups is 3. The van der Waals surface area contributed by atoms with Crippen molar-refractivity contribution in [2.45, 2.75) is 33.6 Å². The number of fused-ring (bicyclic) bond motifs is 4. The van der Waals surface area contributed by atoms with Crippen LogP contribution in [0.4, 0.5) is 5.69 Å². The fourth-order valence-corrected chi connectivity index (χ4v) is 5.44. The van der Waals surface area contributed by atoms with Gasteiger partial charge in [0.2, 0.25) is 0 Å². The van der Waals surface area contributed by atoms with Crippen LogP contribution in [0.2, 0.25) is 0 Å². The Bertz CT molecular complexity index is 1140. The van der Waals surface area contributed by atoms with Gasteiger partial charge in [0.1, 0.15) is 0 Å². The number of nitrogens with one attached hydrogen (secondary N) is 1. The molecule has 2 aromatic rings. The number of hydrogen-bond acceptors (Lipinski definition) is 4. The van der Waals surface area contributed by atoms with E-state index in [9.17, 15) is 14.4 Å². The van der Waals surface area contributed by atoms with Gasteiger partial charge >= 0.3 is 0 Å². The summed E-state index contributed by atoms with van der Waals surface area (Å²) in [5.41, 5.74) is 2.94. The van der Waals surface area contributed by atoms with E-state index < -0.39 is 0 Å². The number of rotatable bonds is 2. The van der Waals surface area contributed by atoms with E-state index in [2.05, 4.69) is 26.1 Å². The Morgan fingerprint density at radius 3 is 2.14 bits per heavy atom. The molecular formula is C25H23NO3. The molecule has 0 unspecified atom stereocenters. The van der Waals surface area contributed by atoms with Crippen molar-refractivity contribution >= 4 is 23.0 Å². The summed E-state index contributed by atoms with van der Waals surface area (Å²) in [4.78, 5) is 38.6. The Labute approximate surface area is 170 Å². The lowest BCUT2D eigenvalue weighted by atomic mass is 9.70. The SMILES string of the molecule is CC1(C)[C@@H]2CC[C@]1(C)C(=O)/C2=C\Nc1ccc2c(c1)C(=O)c1ccccc1C2=O. The molecule has 2 fully saturated rings. The minimum absolute atomic E-state index is 0.0421. The van der Waals surface area contributed by atoms with E-state index in [4.69, 9.17) is 0 Å². The Kier molecular flexibility index (Phi) is 3.58. The highest BCUT2D eigenvalue weighted by atomic mass is 16.1. The summed E-state index contributed by atoms with van der Waals surface area (Å²) < 4.78 is 0. The van der Waals surface area contributed by atoms with Gasteiger partial charge in [-0.15, -0.1) is 0 Å². The van der Waals surface area contributed by atoms with Crippen LogP contribution >= 0.6 is 0 Å². The molecule has 0 heterocycles. The quantitative estimate of drug-likeness (QED) is 0.645. The smallest absolute Gasteiger partial charge is 0.194 e. The molecule has 3 aliphatic rings. The second-order valence-corrected chi connectivity index (χ2v) is 9.18. The molecule has 3 aliphatic carbocycles. The molecule has 2 atom stereocenters. The molecule has 4 heteroatoms. The third-order valence-electron chi connectivity index (χ3n) is 7.68. The lowest BCUT2D eigenvalue weighted by Crippen LogP contribution is -2.32. The van der Waals surface area contributed by atoms with Gasteiger partial charge in [0.15, 0.2) is 17.3 Å². The predicted molar refractivity (Wildman–Crippen MR) is 111 cm³/mol. The summed E-state index contributed by atoms with van der Waals surface area (Å²) in [6.07, 6.45) is 3.77. The van der Waals surface area contributed by atoms with E-state index in [0.29, 0.717) is 27.9 Å². The minimum Gasteiger partial charge on any atom is -0.361 e. The van der Waals surface area contributed by atoms with Gasteiger partial charge in [-0.05, 0) is 42.4 Å². The maximum absolute atomic E-state index is 13.0. The van der Waals surface area contributed by atoms with Crippen molar-refractivity contribution in [2.75, 3.05) is 5.32 Å². The van der Waals surface area contributed by atoms with Gasteiger partial charge in [0.25, 0.3) is 0 Å². The van der Waals surface area contributed by atoms with Crippen molar-refractivity contribution in [2.24, 2.45) is 16.7 Å². The van der Waals surface area contributed by atoms with Crippen molar-refractivity contribution in [1.82, 2.24) is 0 Å². The Hall–Kier alpha value is -3.01. The van der Waals surface area contributed by atoms with E-state index in [-0.39, 0.29) is 34.1 Å². The van der Waals surface area contributed by atoms with Gasteiger partial charge in [-0.3, -0.25) is 14.4 Å². The van der Waals surface area contributed by atoms with Crippen LogP contribution in [0.1, 0.15) is 65.5 Å². The van der Waals surface area contributed by atoms with E-state index in [1.165, 1.54) is 0 Å². The van der Waals surface area contributed by atoms with Crippen LogP contribution in [0, 0.1) is 16.7 Å². The summed E-state index contributed by atoms with van der Waals surface area (Å²) in [6.45, 7) is 6.45. The van der Waals surface area contributed by atoms with Crippen LogP contribution in [-0.2, 0) is 4.79 Å². The topological polar surface area (TPSA) is 63.2 Å². The number of hydrogen-bond donors (Lipinski definition) is 1. The van der Waals surface area contributed by atoms with Gasteiger partial charge in [-0.1, -0.05) is 45.0 Å². The molecule has 0 radical (unpaired) electrons. The Morgan fingerprint density at radius 1 is 0.897 bits per heavy atom. The summed E-state index contributed by atoms with van der Waals surface area (Å²) in [6, 6.07) is 12.1. The van der Waals surface area contributed by atoms with Crippen molar-refractivity contribution in [3.63, 3.8) is 0 Å². The number of Topliss-reactive ketones (excluding diaryl/α,β-unsaturated/α-hetero) is 1. The van der Waals surface area contributed by atoms with E-state index >= 15 is 0 Å². The molecule has 4 nitrogen and oxygen atoms in total. The summed E-state index contributed by atoms with van der Waals surface area (Å²) >= 11 is 0. The maximum atomic E-state index is 13.0. The molecular weight excluding hydrogens is 362 g/mol. The molecule has 0 aromatic heterocycles. The fraction of sp³-hybridized carbons (Fsp3) is 0.320. The Balaban J connectivity index is 1.48. The highest BCUT2D eigenvalue weighted by Gasteiger charge is 2.63. The molecule has 2 aromatic carbocycles. The molecule has 0 amide bonds. The van der Waals surface area contributed by atoms with Gasteiger partial charge in [0.05, 0.1) is 0 Å². The van der Waals surface area contributed by atoms with Crippen molar-refractivity contribution in [3.05, 3.63) is 76.5 Å². The van der Waals surface area contributed by atoms with E-state index in [1.807, 2.05) is 6.20 Å². The first kappa shape index (κ1) is 18.0. The second-order valence-electron chi connectivity index (χ2n) is 9.18. The summed E-state index contributed by atoms with van der Waals surface area (Å²) in [7, 11) is 0. The molecule has 2 bridgehead atoms. The number of carbonyl (C=O) groups excluding carboxylic acids is 3. The number of anilines is 1. The third kappa shape index (κ3) is 2.23. The van der Waals surface area contributed by atoms with Gasteiger partial charge in [-0.2, -0.15) is 0 Å². The average Bonchev–Trinajstić information content (AvgIpc) is 3.03. The number of ketones is 3. The zero-order valence-corrected chi connectivity index (χ0v) is 16.8. The monoisotopic (exact) mass is 385 g/mol. The highest BCUT2D eigenvalue weighted by Crippen LogP contribution is 2.65. The molecule has 0 saturated heterocycles. The van der Waals surface area contributed by atoms with Crippen LogP contribution in [-0.4, -0.2) is 17.3 Å². The largest absolute Gasteiger partial charge is 0.361 e. The lowest BCUT2D eigenvalue weighted by Gasteiger charge is -2.31. The average molecular weight is 385 g/mol. The van der Waals surface area contributed by atoms with Gasteiger partial charge in [-0.25, -0.2) is 0 Å². The van der Waals surface area contributed by atoms with Crippen LogP contribution in [0.5, 0.6) is 0 Å². The first-order valence-corrected chi connectivity index (χ1v) is 10.1. The first-order chi connectivity index (χ1) is 13.8. The second kappa shape index (κ2) is 5.76. The van der Waals surface area contributed by atoms with E-state index in [0.717, 1.165) is 18.4 Å². The minimum atomic E-state index is -0.298. The first-order valence-electron chi connectivity index (χ1n) is 10.1. The highest BCUT2D eigenvalue weighted by molar-refractivity contribution is 6.28. The fourth-order valence-electron chi connectivity index (χ4n) is 5.44. The molecule has 5 rings (SSSR count). The van der Waals surface area contributed by atoms with Crippen molar-refractivity contribution in [3.8, 4) is 0 Å². The molecule has 1 N–H and O–H groups in total. The summed E-state index contributed by atoms with van der Waals surface area (Å²) in [5.74, 6) is 0.207. The lowest BCUT2D eigenvalue weighted by molar-refractivity contribution is -0.125. The van der Waals surface area contributed by atoms with Gasteiger partial charge < -0.3 is 5.32 Å². The normalized spacial score (nSPS) is 27.9. The van der Waals surface area contributed by atoms with E-state index in [1.54, 1.807) is 42.5 Å². The van der Waals surface area contributed by atoms with Crippen LogP contribution in [0.15, 0.2) is 54.2 Å². The van der Waals surface area contributed by atoms with Gasteiger partial charge in [0, 0.05) is 45.1 Å². The molecule has 29 heavy (non-hydrogen) atoms. The molecule has 2 saturated carbocycles.